The van der Waals surface area contributed by atoms with Crippen molar-refractivity contribution in [3.63, 3.8) is 0 Å². The lowest BCUT2D eigenvalue weighted by atomic mass is 9.93. The van der Waals surface area contributed by atoms with Crippen LogP contribution in [-0.2, 0) is 0 Å². The van der Waals surface area contributed by atoms with Crippen molar-refractivity contribution in [2.75, 3.05) is 18.2 Å². The van der Waals surface area contributed by atoms with Gasteiger partial charge in [0.15, 0.2) is 0 Å². The van der Waals surface area contributed by atoms with E-state index in [1.165, 1.54) is 6.42 Å². The van der Waals surface area contributed by atoms with E-state index in [0.29, 0.717) is 23.1 Å². The first kappa shape index (κ1) is 17.1. The second kappa shape index (κ2) is 7.42. The summed E-state index contributed by atoms with van der Waals surface area (Å²) in [6.07, 6.45) is 5.08. The third-order valence-corrected chi connectivity index (χ3v) is 4.59. The fourth-order valence-electron chi connectivity index (χ4n) is 2.73. The lowest BCUT2D eigenvalue weighted by Crippen LogP contribution is -2.29. The highest BCUT2D eigenvalue weighted by Gasteiger charge is 2.19. The van der Waals surface area contributed by atoms with Gasteiger partial charge in [-0.1, -0.05) is 12.1 Å². The zero-order valence-electron chi connectivity index (χ0n) is 14.6. The zero-order chi connectivity index (χ0) is 17.8. The molecule has 0 bridgehead atoms. The molecule has 1 saturated carbocycles. The van der Waals surface area contributed by atoms with Crippen molar-refractivity contribution in [1.82, 2.24) is 10.3 Å². The largest absolute Gasteiger partial charge is 0.497 e. The number of hydrogen-bond donors (Lipinski definition) is 3. The van der Waals surface area contributed by atoms with Crippen LogP contribution in [0.5, 0.6) is 5.75 Å². The predicted octanol–water partition coefficient (Wildman–Crippen LogP) is 3.13. The van der Waals surface area contributed by atoms with E-state index in [0.717, 1.165) is 24.2 Å². The maximum Gasteiger partial charge on any atom is 0.253 e. The summed E-state index contributed by atoms with van der Waals surface area (Å²) in [7, 11) is 1.63. The molecule has 1 aliphatic rings. The summed E-state index contributed by atoms with van der Waals surface area (Å²) in [6.45, 7) is 1.93. The number of methoxy groups -OCH3 is 1. The van der Waals surface area contributed by atoms with Crippen LogP contribution < -0.4 is 21.1 Å². The van der Waals surface area contributed by atoms with Crippen LogP contribution in [0.2, 0.25) is 0 Å². The quantitative estimate of drug-likeness (QED) is 0.752. The summed E-state index contributed by atoms with van der Waals surface area (Å²) >= 11 is 0. The molecule has 1 fully saturated rings. The second-order valence-corrected chi connectivity index (χ2v) is 6.40. The Morgan fingerprint density at radius 2 is 2.04 bits per heavy atom. The van der Waals surface area contributed by atoms with E-state index in [4.69, 9.17) is 10.5 Å². The van der Waals surface area contributed by atoms with Crippen molar-refractivity contribution < 1.29 is 9.53 Å². The van der Waals surface area contributed by atoms with Crippen molar-refractivity contribution in [2.24, 2.45) is 0 Å². The minimum atomic E-state index is -0.197. The van der Waals surface area contributed by atoms with Crippen molar-refractivity contribution in [2.45, 2.75) is 38.3 Å². The Bertz CT molecular complexity index is 742. The molecule has 0 spiro atoms. The molecule has 2 aromatic rings. The number of aromatic nitrogens is 1. The van der Waals surface area contributed by atoms with Crippen LogP contribution in [-0.4, -0.2) is 24.0 Å². The van der Waals surface area contributed by atoms with E-state index in [1.807, 2.05) is 31.2 Å². The SMILES string of the molecule is COc1ccc([C@H](C)NC(=O)c2cnc(NC3CCC3)c(N)c2)cc1. The summed E-state index contributed by atoms with van der Waals surface area (Å²) < 4.78 is 5.15. The third-order valence-electron chi connectivity index (χ3n) is 4.59. The molecule has 1 amide bonds. The van der Waals surface area contributed by atoms with Gasteiger partial charge in [-0.3, -0.25) is 4.79 Å². The van der Waals surface area contributed by atoms with E-state index >= 15 is 0 Å². The molecule has 4 N–H and O–H groups in total. The number of nitrogens with two attached hydrogens (primary N) is 1. The molecule has 1 heterocycles. The Labute approximate surface area is 147 Å². The Kier molecular flexibility index (Phi) is 5.07. The number of carbonyl (C=O) groups is 1. The molecule has 6 nitrogen and oxygen atoms in total. The van der Waals surface area contributed by atoms with Gasteiger partial charge in [0.1, 0.15) is 11.6 Å². The number of carbonyl (C=O) groups excluding carboxylic acids is 1. The van der Waals surface area contributed by atoms with Gasteiger partial charge < -0.3 is 21.1 Å². The molecule has 1 aromatic carbocycles. The van der Waals surface area contributed by atoms with Gasteiger partial charge in [-0.05, 0) is 49.9 Å². The van der Waals surface area contributed by atoms with Gasteiger partial charge in [-0.15, -0.1) is 0 Å². The van der Waals surface area contributed by atoms with E-state index in [9.17, 15) is 4.79 Å². The molecule has 1 aromatic heterocycles. The highest BCUT2D eigenvalue weighted by atomic mass is 16.5. The summed E-state index contributed by atoms with van der Waals surface area (Å²) in [5, 5.41) is 6.27. The molecule has 0 saturated heterocycles. The van der Waals surface area contributed by atoms with Crippen LogP contribution in [0, 0.1) is 0 Å². The molecule has 25 heavy (non-hydrogen) atoms. The van der Waals surface area contributed by atoms with Crippen LogP contribution in [0.3, 0.4) is 0 Å². The van der Waals surface area contributed by atoms with E-state index in [2.05, 4.69) is 15.6 Å². The smallest absolute Gasteiger partial charge is 0.253 e. The summed E-state index contributed by atoms with van der Waals surface area (Å²) in [4.78, 5) is 16.8. The number of amides is 1. The first-order valence-electron chi connectivity index (χ1n) is 8.53. The topological polar surface area (TPSA) is 89.3 Å². The number of nitrogen functional groups attached to an aromatic ring is 1. The Balaban J connectivity index is 1.64. The molecule has 0 radical (unpaired) electrons. The van der Waals surface area contributed by atoms with Gasteiger partial charge in [0, 0.05) is 12.2 Å². The molecule has 6 heteroatoms. The summed E-state index contributed by atoms with van der Waals surface area (Å²) in [6, 6.07) is 9.60. The molecule has 132 valence electrons. The molecule has 1 atom stereocenters. The van der Waals surface area contributed by atoms with Crippen molar-refractivity contribution in [1.29, 1.82) is 0 Å². The average Bonchev–Trinajstić information content (AvgIpc) is 2.59. The average molecular weight is 340 g/mol. The molecule has 3 rings (SSSR count). The Morgan fingerprint density at radius 1 is 1.32 bits per heavy atom. The van der Waals surface area contributed by atoms with Gasteiger partial charge in [0.05, 0.1) is 24.4 Å². The molecular weight excluding hydrogens is 316 g/mol. The molecule has 0 aliphatic heterocycles. The van der Waals surface area contributed by atoms with Crippen LogP contribution >= 0.6 is 0 Å². The van der Waals surface area contributed by atoms with Crippen molar-refractivity contribution in [3.05, 3.63) is 47.7 Å². The number of nitrogens with one attached hydrogen (secondary N) is 2. The monoisotopic (exact) mass is 340 g/mol. The highest BCUT2D eigenvalue weighted by Crippen LogP contribution is 2.25. The number of pyridine rings is 1. The number of ether oxygens (including phenoxy) is 1. The van der Waals surface area contributed by atoms with Crippen LogP contribution in [0.15, 0.2) is 36.5 Å². The summed E-state index contributed by atoms with van der Waals surface area (Å²) in [5.41, 5.74) is 7.99. The van der Waals surface area contributed by atoms with E-state index in [-0.39, 0.29) is 11.9 Å². The maximum atomic E-state index is 12.5. The fraction of sp³-hybridized carbons (Fsp3) is 0.368. The van der Waals surface area contributed by atoms with Crippen molar-refractivity contribution >= 4 is 17.4 Å². The normalized spacial score (nSPS) is 15.1. The van der Waals surface area contributed by atoms with Crippen LogP contribution in [0.1, 0.15) is 48.1 Å². The number of anilines is 2. The van der Waals surface area contributed by atoms with Gasteiger partial charge >= 0.3 is 0 Å². The number of hydrogen-bond acceptors (Lipinski definition) is 5. The van der Waals surface area contributed by atoms with Crippen LogP contribution in [0.25, 0.3) is 0 Å². The minimum Gasteiger partial charge on any atom is -0.497 e. The van der Waals surface area contributed by atoms with Gasteiger partial charge in [0.2, 0.25) is 0 Å². The fourth-order valence-corrected chi connectivity index (χ4v) is 2.73. The lowest BCUT2D eigenvalue weighted by Gasteiger charge is -2.27. The van der Waals surface area contributed by atoms with Gasteiger partial charge in [-0.25, -0.2) is 4.98 Å². The van der Waals surface area contributed by atoms with Crippen molar-refractivity contribution in [3.8, 4) is 5.75 Å². The standard InChI is InChI=1S/C19H24N4O2/c1-12(13-6-8-16(25-2)9-7-13)22-19(24)14-10-17(20)18(21-11-14)23-15-4-3-5-15/h6-12,15H,3-5,20H2,1-2H3,(H,21,23)(H,22,24)/t12-/m0/s1. The first-order valence-corrected chi connectivity index (χ1v) is 8.53. The van der Waals surface area contributed by atoms with E-state index < -0.39 is 0 Å². The van der Waals surface area contributed by atoms with E-state index in [1.54, 1.807) is 19.4 Å². The first-order chi connectivity index (χ1) is 12.1. The molecule has 0 unspecified atom stereocenters. The van der Waals surface area contributed by atoms with Gasteiger partial charge in [0.25, 0.3) is 5.91 Å². The molecule has 1 aliphatic carbocycles. The number of nitrogens with zero attached hydrogens (tertiary/aromatic N) is 1. The predicted molar refractivity (Wildman–Crippen MR) is 98.8 cm³/mol. The minimum absolute atomic E-state index is 0.132. The number of benzene rings is 1. The second-order valence-electron chi connectivity index (χ2n) is 6.40. The Morgan fingerprint density at radius 3 is 2.60 bits per heavy atom. The third kappa shape index (κ3) is 4.02. The zero-order valence-corrected chi connectivity index (χ0v) is 14.6. The number of rotatable bonds is 6. The maximum absolute atomic E-state index is 12.5. The summed E-state index contributed by atoms with van der Waals surface area (Å²) in [5.74, 6) is 1.25. The lowest BCUT2D eigenvalue weighted by molar-refractivity contribution is 0.0939. The van der Waals surface area contributed by atoms with Gasteiger partial charge in [-0.2, -0.15) is 0 Å². The highest BCUT2D eigenvalue weighted by molar-refractivity contribution is 5.95. The molecular formula is C19H24N4O2. The Hall–Kier alpha value is -2.76. The van der Waals surface area contributed by atoms with Crippen LogP contribution in [0.4, 0.5) is 11.5 Å².